The monoisotopic (exact) mass is 506 g/mol. The van der Waals surface area contributed by atoms with Gasteiger partial charge in [0.15, 0.2) is 0 Å². The number of amides is 1. The Labute approximate surface area is 211 Å². The predicted octanol–water partition coefficient (Wildman–Crippen LogP) is 3.47. The predicted molar refractivity (Wildman–Crippen MR) is 142 cm³/mol. The summed E-state index contributed by atoms with van der Waals surface area (Å²) in [6.07, 6.45) is 1.97. The first-order valence-corrected chi connectivity index (χ1v) is 13.0. The molecule has 1 unspecified atom stereocenters. The number of methoxy groups -OCH3 is 1. The van der Waals surface area contributed by atoms with Gasteiger partial charge in [0.1, 0.15) is 5.75 Å². The van der Waals surface area contributed by atoms with Crippen LogP contribution in [0.1, 0.15) is 17.0 Å². The molecule has 1 aromatic heterocycles. The third-order valence-corrected chi connectivity index (χ3v) is 7.52. The molecule has 1 amide bonds. The van der Waals surface area contributed by atoms with Crippen LogP contribution in [0.5, 0.6) is 5.75 Å². The minimum atomic E-state index is -3.83. The van der Waals surface area contributed by atoms with Crippen molar-refractivity contribution in [3.05, 3.63) is 90.1 Å². The van der Waals surface area contributed by atoms with Gasteiger partial charge in [0.05, 0.1) is 18.6 Å². The molecule has 0 radical (unpaired) electrons. The van der Waals surface area contributed by atoms with Gasteiger partial charge in [-0.25, -0.2) is 13.1 Å². The number of aromatic amines is 1. The number of nitrogens with one attached hydrogen (secondary N) is 3. The summed E-state index contributed by atoms with van der Waals surface area (Å²) < 4.78 is 32.6. The highest BCUT2D eigenvalue weighted by Gasteiger charge is 2.21. The lowest BCUT2D eigenvalue weighted by molar-refractivity contribution is -0.119. The third kappa shape index (κ3) is 5.69. The SMILES string of the molecule is COc1ccc(S(=O)(=O)NCC(=O)NCC(c2ccc(N(C)C)cc2)c2c[nH]c3ccccc23)cc1. The third-order valence-electron chi connectivity index (χ3n) is 6.10. The van der Waals surface area contributed by atoms with Crippen molar-refractivity contribution in [3.63, 3.8) is 0 Å². The van der Waals surface area contributed by atoms with Crippen molar-refractivity contribution < 1.29 is 17.9 Å². The van der Waals surface area contributed by atoms with Gasteiger partial charge < -0.3 is 19.9 Å². The minimum Gasteiger partial charge on any atom is -0.497 e. The lowest BCUT2D eigenvalue weighted by atomic mass is 9.90. The van der Waals surface area contributed by atoms with Gasteiger partial charge in [-0.2, -0.15) is 0 Å². The van der Waals surface area contributed by atoms with E-state index in [9.17, 15) is 13.2 Å². The second kappa shape index (κ2) is 10.8. The molecule has 8 nitrogen and oxygen atoms in total. The Morgan fingerprint density at radius 1 is 1.00 bits per heavy atom. The van der Waals surface area contributed by atoms with Crippen molar-refractivity contribution in [2.75, 3.05) is 39.2 Å². The number of anilines is 1. The van der Waals surface area contributed by atoms with Crippen molar-refractivity contribution >= 4 is 32.5 Å². The van der Waals surface area contributed by atoms with E-state index in [4.69, 9.17) is 4.74 Å². The van der Waals surface area contributed by atoms with Gasteiger partial charge in [-0.15, -0.1) is 0 Å². The number of H-pyrrole nitrogens is 1. The largest absolute Gasteiger partial charge is 0.497 e. The van der Waals surface area contributed by atoms with E-state index >= 15 is 0 Å². The van der Waals surface area contributed by atoms with Gasteiger partial charge in [0.25, 0.3) is 0 Å². The molecule has 0 aliphatic heterocycles. The first-order chi connectivity index (χ1) is 17.3. The number of sulfonamides is 1. The van der Waals surface area contributed by atoms with E-state index in [1.807, 2.05) is 61.6 Å². The number of rotatable bonds is 10. The highest BCUT2D eigenvalue weighted by Crippen LogP contribution is 2.31. The number of carbonyl (C=O) groups is 1. The number of carbonyl (C=O) groups excluding carboxylic acids is 1. The molecule has 0 bridgehead atoms. The smallest absolute Gasteiger partial charge is 0.241 e. The number of aromatic nitrogens is 1. The molecule has 3 N–H and O–H groups in total. The molecule has 0 spiro atoms. The van der Waals surface area contributed by atoms with Crippen LogP contribution < -0.4 is 19.7 Å². The van der Waals surface area contributed by atoms with Crippen molar-refractivity contribution in [1.82, 2.24) is 15.0 Å². The number of nitrogens with zero attached hydrogens (tertiary/aromatic N) is 1. The summed E-state index contributed by atoms with van der Waals surface area (Å²) in [5, 5.41) is 3.98. The number of hydrogen-bond donors (Lipinski definition) is 3. The molecule has 3 aromatic carbocycles. The molecule has 0 saturated heterocycles. The van der Waals surface area contributed by atoms with Crippen LogP contribution in [0.2, 0.25) is 0 Å². The van der Waals surface area contributed by atoms with E-state index in [-0.39, 0.29) is 17.4 Å². The number of fused-ring (bicyclic) bond motifs is 1. The van der Waals surface area contributed by atoms with E-state index in [0.29, 0.717) is 12.3 Å². The maximum absolute atomic E-state index is 12.7. The van der Waals surface area contributed by atoms with Gasteiger partial charge in [0.2, 0.25) is 15.9 Å². The average Bonchev–Trinajstić information content (AvgIpc) is 3.32. The molecule has 4 aromatic rings. The molecule has 36 heavy (non-hydrogen) atoms. The fourth-order valence-electron chi connectivity index (χ4n) is 4.07. The van der Waals surface area contributed by atoms with Crippen molar-refractivity contribution in [1.29, 1.82) is 0 Å². The zero-order valence-corrected chi connectivity index (χ0v) is 21.3. The van der Waals surface area contributed by atoms with Crippen molar-refractivity contribution in [3.8, 4) is 5.75 Å². The summed E-state index contributed by atoms with van der Waals surface area (Å²) in [5.41, 5.74) is 4.20. The maximum atomic E-state index is 12.7. The van der Waals surface area contributed by atoms with Crippen LogP contribution in [-0.2, 0) is 14.8 Å². The average molecular weight is 507 g/mol. The Kier molecular flexibility index (Phi) is 7.61. The van der Waals surface area contributed by atoms with Gasteiger partial charge >= 0.3 is 0 Å². The highest BCUT2D eigenvalue weighted by molar-refractivity contribution is 7.89. The standard InChI is InChI=1S/C27H30N4O4S/c1-31(2)20-10-8-19(9-11-20)24(25-17-28-26-7-5-4-6-23(25)26)16-29-27(32)18-30-36(33,34)22-14-12-21(35-3)13-15-22/h4-15,17,24,28,30H,16,18H2,1-3H3,(H,29,32). The van der Waals surface area contributed by atoms with Gasteiger partial charge in [-0.1, -0.05) is 30.3 Å². The Bertz CT molecular complexity index is 1430. The number of hydrogen-bond acceptors (Lipinski definition) is 5. The van der Waals surface area contributed by atoms with Crippen LogP contribution in [-0.4, -0.2) is 53.6 Å². The summed E-state index contributed by atoms with van der Waals surface area (Å²) in [6, 6.07) is 22.2. The molecular weight excluding hydrogens is 476 g/mol. The van der Waals surface area contributed by atoms with E-state index in [1.54, 1.807) is 12.1 Å². The van der Waals surface area contributed by atoms with Gasteiger partial charge in [-0.05, 0) is 53.6 Å². The minimum absolute atomic E-state index is 0.0637. The van der Waals surface area contributed by atoms with E-state index in [0.717, 1.165) is 27.7 Å². The molecule has 0 saturated carbocycles. The molecule has 0 aliphatic rings. The van der Waals surface area contributed by atoms with Gasteiger partial charge in [0, 0.05) is 49.3 Å². The number of benzene rings is 3. The van der Waals surface area contributed by atoms with Crippen molar-refractivity contribution in [2.24, 2.45) is 0 Å². The molecule has 1 heterocycles. The van der Waals surface area contributed by atoms with E-state index in [1.165, 1.54) is 19.2 Å². The summed E-state index contributed by atoms with van der Waals surface area (Å²) in [6.45, 7) is -0.0548. The van der Waals surface area contributed by atoms with Crippen LogP contribution in [0.15, 0.2) is 83.9 Å². The van der Waals surface area contributed by atoms with Crippen LogP contribution in [0.25, 0.3) is 10.9 Å². The summed E-state index contributed by atoms with van der Waals surface area (Å²) in [5.74, 6) is 0.00924. The summed E-state index contributed by atoms with van der Waals surface area (Å²) in [7, 11) is 1.65. The first kappa shape index (κ1) is 25.3. The van der Waals surface area contributed by atoms with Crippen LogP contribution in [0, 0.1) is 0 Å². The molecular formula is C27H30N4O4S. The van der Waals surface area contributed by atoms with Gasteiger partial charge in [-0.3, -0.25) is 4.79 Å². The second-order valence-corrected chi connectivity index (χ2v) is 10.4. The number of ether oxygens (including phenoxy) is 1. The molecule has 0 aliphatic carbocycles. The van der Waals surface area contributed by atoms with E-state index < -0.39 is 15.9 Å². The summed E-state index contributed by atoms with van der Waals surface area (Å²) >= 11 is 0. The molecule has 9 heteroatoms. The number of para-hydroxylation sites is 1. The molecule has 4 rings (SSSR count). The zero-order chi connectivity index (χ0) is 25.7. The lowest BCUT2D eigenvalue weighted by Crippen LogP contribution is -2.38. The Morgan fingerprint density at radius 2 is 1.69 bits per heavy atom. The summed E-state index contributed by atoms with van der Waals surface area (Å²) in [4.78, 5) is 18.1. The topological polar surface area (TPSA) is 104 Å². The van der Waals surface area contributed by atoms with Crippen molar-refractivity contribution in [2.45, 2.75) is 10.8 Å². The molecule has 188 valence electrons. The maximum Gasteiger partial charge on any atom is 0.241 e. The fraction of sp³-hybridized carbons (Fsp3) is 0.222. The fourth-order valence-corrected chi connectivity index (χ4v) is 5.05. The van der Waals surface area contributed by atoms with Crippen LogP contribution in [0.3, 0.4) is 0 Å². The van der Waals surface area contributed by atoms with Crippen LogP contribution >= 0.6 is 0 Å². The lowest BCUT2D eigenvalue weighted by Gasteiger charge is -2.20. The zero-order valence-electron chi connectivity index (χ0n) is 20.5. The second-order valence-electron chi connectivity index (χ2n) is 8.63. The Hall–Kier alpha value is -3.82. The first-order valence-electron chi connectivity index (χ1n) is 11.5. The molecule has 0 fully saturated rings. The van der Waals surface area contributed by atoms with E-state index in [2.05, 4.69) is 27.2 Å². The molecule has 1 atom stereocenters. The normalized spacial score (nSPS) is 12.3. The quantitative estimate of drug-likeness (QED) is 0.306. The highest BCUT2D eigenvalue weighted by atomic mass is 32.2. The Morgan fingerprint density at radius 3 is 2.36 bits per heavy atom. The van der Waals surface area contributed by atoms with Crippen LogP contribution in [0.4, 0.5) is 5.69 Å². The Balaban J connectivity index is 1.48.